The maximum Gasteiger partial charge on any atom is 0.233 e. The number of nitrogens with one attached hydrogen (secondary N) is 1. The summed E-state index contributed by atoms with van der Waals surface area (Å²) in [5.74, 6) is 0.0989. The summed E-state index contributed by atoms with van der Waals surface area (Å²) < 4.78 is 2.04. The molecule has 5 heteroatoms. The molecule has 1 fully saturated rings. The fourth-order valence-electron chi connectivity index (χ4n) is 2.15. The number of aromatic nitrogens is 2. The second-order valence-electron chi connectivity index (χ2n) is 5.41. The maximum absolute atomic E-state index is 12.1. The highest BCUT2D eigenvalue weighted by atomic mass is 32.2. The van der Waals surface area contributed by atoms with Crippen molar-refractivity contribution >= 4 is 17.7 Å². The molecule has 2 aromatic rings. The normalized spacial score (nSPS) is 15.7. The first-order valence-corrected chi connectivity index (χ1v) is 8.09. The van der Waals surface area contributed by atoms with Crippen molar-refractivity contribution < 1.29 is 4.79 Å². The third kappa shape index (κ3) is 3.29. The predicted octanol–water partition coefficient (Wildman–Crippen LogP) is 2.94. The second kappa shape index (κ2) is 5.93. The van der Waals surface area contributed by atoms with Gasteiger partial charge in [0.05, 0.1) is 10.9 Å². The van der Waals surface area contributed by atoms with Gasteiger partial charge in [-0.2, -0.15) is 0 Å². The van der Waals surface area contributed by atoms with Crippen LogP contribution in [0.15, 0.2) is 41.8 Å². The van der Waals surface area contributed by atoms with Gasteiger partial charge in [-0.05, 0) is 38.3 Å². The highest BCUT2D eigenvalue weighted by Crippen LogP contribution is 2.27. The van der Waals surface area contributed by atoms with Gasteiger partial charge in [-0.25, -0.2) is 4.98 Å². The third-order valence-electron chi connectivity index (χ3n) is 3.56. The van der Waals surface area contributed by atoms with E-state index in [-0.39, 0.29) is 11.2 Å². The van der Waals surface area contributed by atoms with Crippen LogP contribution < -0.4 is 5.32 Å². The fraction of sp³-hybridized carbons (Fsp3) is 0.375. The number of imidazole rings is 1. The molecule has 0 aliphatic heterocycles. The minimum absolute atomic E-state index is 0.0989. The molecule has 1 N–H and O–H groups in total. The fourth-order valence-corrected chi connectivity index (χ4v) is 3.04. The average Bonchev–Trinajstić information content (AvgIpc) is 3.17. The monoisotopic (exact) mass is 301 g/mol. The van der Waals surface area contributed by atoms with Gasteiger partial charge in [0.1, 0.15) is 0 Å². The summed E-state index contributed by atoms with van der Waals surface area (Å²) in [6, 6.07) is 8.58. The molecule has 0 spiro atoms. The molecule has 1 heterocycles. The number of benzene rings is 1. The number of carbonyl (C=O) groups is 1. The van der Waals surface area contributed by atoms with E-state index in [4.69, 9.17) is 0 Å². The van der Waals surface area contributed by atoms with E-state index < -0.39 is 0 Å². The average molecular weight is 301 g/mol. The summed E-state index contributed by atoms with van der Waals surface area (Å²) in [4.78, 5) is 16.5. The smallest absolute Gasteiger partial charge is 0.233 e. The molecule has 21 heavy (non-hydrogen) atoms. The summed E-state index contributed by atoms with van der Waals surface area (Å²) in [5, 5.41) is 3.75. The summed E-state index contributed by atoms with van der Waals surface area (Å²) in [7, 11) is 0. The zero-order valence-corrected chi connectivity index (χ0v) is 13.1. The second-order valence-corrected chi connectivity index (χ2v) is 6.72. The molecule has 1 aliphatic carbocycles. The number of hydrogen-bond donors (Lipinski definition) is 1. The number of para-hydroxylation sites is 1. The Bertz CT molecular complexity index is 648. The Morgan fingerprint density at radius 3 is 2.90 bits per heavy atom. The number of hydrogen-bond acceptors (Lipinski definition) is 3. The molecule has 0 saturated heterocycles. The van der Waals surface area contributed by atoms with E-state index in [1.54, 1.807) is 6.20 Å². The lowest BCUT2D eigenvalue weighted by molar-refractivity contribution is -0.120. The van der Waals surface area contributed by atoms with Crippen molar-refractivity contribution in [1.82, 2.24) is 14.9 Å². The molecule has 0 radical (unpaired) electrons. The number of thioether (sulfide) groups is 1. The van der Waals surface area contributed by atoms with Gasteiger partial charge in [-0.15, -0.1) is 0 Å². The van der Waals surface area contributed by atoms with Gasteiger partial charge in [-0.3, -0.25) is 9.36 Å². The highest BCUT2D eigenvalue weighted by molar-refractivity contribution is 8.00. The standard InChI is InChI=1S/C16H19N3OS/c1-11-5-3-4-6-14(11)19-10-9-17-16(19)21-12(2)15(20)18-13-7-8-13/h3-6,9-10,12-13H,7-8H2,1-2H3,(H,18,20). The topological polar surface area (TPSA) is 46.9 Å². The van der Waals surface area contributed by atoms with Gasteiger partial charge in [-0.1, -0.05) is 30.0 Å². The molecule has 1 aromatic heterocycles. The van der Waals surface area contributed by atoms with E-state index in [0.717, 1.165) is 23.7 Å². The summed E-state index contributed by atoms with van der Waals surface area (Å²) in [6.45, 7) is 4.01. The van der Waals surface area contributed by atoms with Crippen molar-refractivity contribution in [3.63, 3.8) is 0 Å². The number of nitrogens with zero attached hydrogens (tertiary/aromatic N) is 2. The Labute approximate surface area is 129 Å². The minimum Gasteiger partial charge on any atom is -0.352 e. The van der Waals surface area contributed by atoms with E-state index in [1.165, 1.54) is 17.3 Å². The van der Waals surface area contributed by atoms with Crippen LogP contribution in [0.4, 0.5) is 0 Å². The van der Waals surface area contributed by atoms with E-state index in [1.807, 2.05) is 29.8 Å². The van der Waals surface area contributed by atoms with E-state index in [9.17, 15) is 4.79 Å². The Morgan fingerprint density at radius 2 is 2.19 bits per heavy atom. The van der Waals surface area contributed by atoms with Crippen LogP contribution in [0.3, 0.4) is 0 Å². The van der Waals surface area contributed by atoms with Crippen LogP contribution in [-0.4, -0.2) is 26.8 Å². The minimum atomic E-state index is -0.143. The van der Waals surface area contributed by atoms with E-state index >= 15 is 0 Å². The van der Waals surface area contributed by atoms with Gasteiger partial charge in [0.15, 0.2) is 5.16 Å². The molecule has 1 aromatic carbocycles. The first kappa shape index (κ1) is 14.2. The molecule has 4 nitrogen and oxygen atoms in total. The summed E-state index contributed by atoms with van der Waals surface area (Å²) >= 11 is 1.50. The van der Waals surface area contributed by atoms with Crippen LogP contribution in [0, 0.1) is 6.92 Å². The number of rotatable bonds is 5. The van der Waals surface area contributed by atoms with Crippen molar-refractivity contribution in [2.75, 3.05) is 0 Å². The van der Waals surface area contributed by atoms with Crippen molar-refractivity contribution in [2.45, 2.75) is 43.1 Å². The van der Waals surface area contributed by atoms with Crippen LogP contribution in [0.25, 0.3) is 5.69 Å². The van der Waals surface area contributed by atoms with E-state index in [2.05, 4.69) is 29.4 Å². The molecular weight excluding hydrogens is 282 g/mol. The highest BCUT2D eigenvalue weighted by Gasteiger charge is 2.26. The number of aryl methyl sites for hydroxylation is 1. The van der Waals surface area contributed by atoms with Gasteiger partial charge in [0, 0.05) is 18.4 Å². The number of carbonyl (C=O) groups excluding carboxylic acids is 1. The molecule has 110 valence electrons. The molecule has 0 bridgehead atoms. The molecule has 1 saturated carbocycles. The van der Waals surface area contributed by atoms with Gasteiger partial charge in [0.25, 0.3) is 0 Å². The molecule has 1 amide bonds. The van der Waals surface area contributed by atoms with Gasteiger partial charge < -0.3 is 5.32 Å². The third-order valence-corrected chi connectivity index (χ3v) is 4.64. The first-order valence-electron chi connectivity index (χ1n) is 7.21. The van der Waals surface area contributed by atoms with Gasteiger partial charge in [0.2, 0.25) is 5.91 Å². The van der Waals surface area contributed by atoms with E-state index in [0.29, 0.717) is 6.04 Å². The Balaban J connectivity index is 1.76. The van der Waals surface area contributed by atoms with Crippen molar-refractivity contribution in [3.05, 3.63) is 42.2 Å². The lowest BCUT2D eigenvalue weighted by atomic mass is 10.2. The Hall–Kier alpha value is -1.75. The largest absolute Gasteiger partial charge is 0.352 e. The Kier molecular flexibility index (Phi) is 4.01. The number of amides is 1. The van der Waals surface area contributed by atoms with Crippen LogP contribution in [0.1, 0.15) is 25.3 Å². The summed E-state index contributed by atoms with van der Waals surface area (Å²) in [6.07, 6.45) is 5.94. The Morgan fingerprint density at radius 1 is 1.43 bits per heavy atom. The molecule has 3 rings (SSSR count). The lowest BCUT2D eigenvalue weighted by Crippen LogP contribution is -2.32. The summed E-state index contributed by atoms with van der Waals surface area (Å²) in [5.41, 5.74) is 2.29. The van der Waals surface area contributed by atoms with Crippen LogP contribution in [-0.2, 0) is 4.79 Å². The molecule has 1 unspecified atom stereocenters. The van der Waals surface area contributed by atoms with Crippen LogP contribution in [0.5, 0.6) is 0 Å². The van der Waals surface area contributed by atoms with Crippen LogP contribution in [0.2, 0.25) is 0 Å². The van der Waals surface area contributed by atoms with Crippen LogP contribution >= 0.6 is 11.8 Å². The van der Waals surface area contributed by atoms with Crippen molar-refractivity contribution in [1.29, 1.82) is 0 Å². The SMILES string of the molecule is Cc1ccccc1-n1ccnc1SC(C)C(=O)NC1CC1. The maximum atomic E-state index is 12.1. The quantitative estimate of drug-likeness (QED) is 0.864. The molecule has 1 atom stereocenters. The lowest BCUT2D eigenvalue weighted by Gasteiger charge is -2.14. The predicted molar refractivity (Wildman–Crippen MR) is 84.8 cm³/mol. The zero-order chi connectivity index (χ0) is 14.8. The van der Waals surface area contributed by atoms with Gasteiger partial charge >= 0.3 is 0 Å². The molecule has 1 aliphatic rings. The first-order chi connectivity index (χ1) is 10.1. The van der Waals surface area contributed by atoms with Crippen molar-refractivity contribution in [2.24, 2.45) is 0 Å². The zero-order valence-electron chi connectivity index (χ0n) is 12.2. The molecular formula is C16H19N3OS. The van der Waals surface area contributed by atoms with Crippen molar-refractivity contribution in [3.8, 4) is 5.69 Å².